The number of imidazole rings is 1. The predicted molar refractivity (Wildman–Crippen MR) is 132 cm³/mol. The lowest BCUT2D eigenvalue weighted by molar-refractivity contribution is -0.142. The molecule has 4 rings (SSSR count). The number of carbonyl (C=O) groups is 2. The Labute approximate surface area is 212 Å². The van der Waals surface area contributed by atoms with E-state index in [1.165, 1.54) is 14.2 Å². The zero-order chi connectivity index (χ0) is 24.9. The van der Waals surface area contributed by atoms with Gasteiger partial charge in [-0.2, -0.15) is 0 Å². The SMILES string of the molecule is COC(=O)CCOCCC1CCC(C(=O)OC)N1c1cc(-n2ccnc2)c2ccc(Cl)c(Cl)c2n1. The molecule has 1 aromatic carbocycles. The highest BCUT2D eigenvalue weighted by molar-refractivity contribution is 6.45. The van der Waals surface area contributed by atoms with E-state index in [4.69, 9.17) is 37.7 Å². The van der Waals surface area contributed by atoms with Gasteiger partial charge in [-0.15, -0.1) is 0 Å². The third kappa shape index (κ3) is 5.37. The van der Waals surface area contributed by atoms with E-state index < -0.39 is 6.04 Å². The Morgan fingerprint density at radius 2 is 1.97 bits per heavy atom. The van der Waals surface area contributed by atoms with E-state index in [0.29, 0.717) is 40.8 Å². The van der Waals surface area contributed by atoms with Crippen LogP contribution in [0.5, 0.6) is 0 Å². The summed E-state index contributed by atoms with van der Waals surface area (Å²) in [5.41, 5.74) is 1.34. The Hall–Kier alpha value is -2.88. The highest BCUT2D eigenvalue weighted by atomic mass is 35.5. The second kappa shape index (κ2) is 11.2. The first-order chi connectivity index (χ1) is 16.9. The number of fused-ring (bicyclic) bond motifs is 1. The molecule has 2 aromatic heterocycles. The average molecular weight is 521 g/mol. The van der Waals surface area contributed by atoms with Gasteiger partial charge in [-0.05, 0) is 31.4 Å². The summed E-state index contributed by atoms with van der Waals surface area (Å²) in [6, 6.07) is 4.98. The molecular formula is C24H26Cl2N4O5. The van der Waals surface area contributed by atoms with Crippen LogP contribution >= 0.6 is 23.2 Å². The monoisotopic (exact) mass is 520 g/mol. The molecule has 3 heterocycles. The number of rotatable bonds is 9. The van der Waals surface area contributed by atoms with E-state index in [2.05, 4.69) is 9.72 Å². The first-order valence-electron chi connectivity index (χ1n) is 11.2. The number of hydrogen-bond donors (Lipinski definition) is 0. The van der Waals surface area contributed by atoms with Crippen molar-refractivity contribution < 1.29 is 23.8 Å². The minimum atomic E-state index is -0.501. The van der Waals surface area contributed by atoms with Crippen LogP contribution in [0.15, 0.2) is 36.9 Å². The summed E-state index contributed by atoms with van der Waals surface area (Å²) in [4.78, 5) is 35.0. The Balaban J connectivity index is 1.69. The number of halogens is 2. The molecule has 0 bridgehead atoms. The lowest BCUT2D eigenvalue weighted by Gasteiger charge is -2.31. The number of carbonyl (C=O) groups excluding carboxylic acids is 2. The van der Waals surface area contributed by atoms with Gasteiger partial charge in [-0.25, -0.2) is 14.8 Å². The number of aromatic nitrogens is 3. The van der Waals surface area contributed by atoms with Gasteiger partial charge < -0.3 is 23.7 Å². The van der Waals surface area contributed by atoms with Crippen LogP contribution in [0.25, 0.3) is 16.6 Å². The lowest BCUT2D eigenvalue weighted by Crippen LogP contribution is -2.42. The molecule has 2 atom stereocenters. The fourth-order valence-corrected chi connectivity index (χ4v) is 4.77. The van der Waals surface area contributed by atoms with Crippen LogP contribution in [0.2, 0.25) is 10.0 Å². The Bertz CT molecular complexity index is 1200. The molecule has 1 saturated heterocycles. The van der Waals surface area contributed by atoms with E-state index >= 15 is 0 Å². The van der Waals surface area contributed by atoms with Gasteiger partial charge in [0.15, 0.2) is 0 Å². The topological polar surface area (TPSA) is 95.8 Å². The van der Waals surface area contributed by atoms with Crippen LogP contribution in [0.4, 0.5) is 5.82 Å². The molecular weight excluding hydrogens is 495 g/mol. The molecule has 1 fully saturated rings. The summed E-state index contributed by atoms with van der Waals surface area (Å²) in [5.74, 6) is -0.0682. The van der Waals surface area contributed by atoms with Crippen LogP contribution < -0.4 is 4.90 Å². The normalized spacial score (nSPS) is 17.7. The molecule has 0 N–H and O–H groups in total. The molecule has 0 amide bonds. The minimum Gasteiger partial charge on any atom is -0.469 e. The highest BCUT2D eigenvalue weighted by Crippen LogP contribution is 2.38. The van der Waals surface area contributed by atoms with Crippen molar-refractivity contribution in [2.75, 3.05) is 32.3 Å². The molecule has 186 valence electrons. The molecule has 1 aliphatic rings. The number of pyridine rings is 1. The smallest absolute Gasteiger partial charge is 0.328 e. The minimum absolute atomic E-state index is 0.0317. The molecule has 0 saturated carbocycles. The van der Waals surface area contributed by atoms with Gasteiger partial charge in [-0.3, -0.25) is 4.79 Å². The van der Waals surface area contributed by atoms with Crippen LogP contribution in [0.1, 0.15) is 25.7 Å². The molecule has 0 spiro atoms. The Morgan fingerprint density at radius 3 is 2.69 bits per heavy atom. The fraction of sp³-hybridized carbons (Fsp3) is 0.417. The Morgan fingerprint density at radius 1 is 1.14 bits per heavy atom. The van der Waals surface area contributed by atoms with Crippen molar-refractivity contribution in [2.24, 2.45) is 0 Å². The van der Waals surface area contributed by atoms with Crippen LogP contribution in [-0.2, 0) is 23.8 Å². The van der Waals surface area contributed by atoms with Gasteiger partial charge in [0.25, 0.3) is 0 Å². The predicted octanol–water partition coefficient (Wildman–Crippen LogP) is 4.21. The zero-order valence-electron chi connectivity index (χ0n) is 19.4. The van der Waals surface area contributed by atoms with E-state index in [0.717, 1.165) is 17.5 Å². The quantitative estimate of drug-likeness (QED) is 0.305. The maximum Gasteiger partial charge on any atom is 0.328 e. The lowest BCUT2D eigenvalue weighted by atomic mass is 10.1. The fourth-order valence-electron chi connectivity index (χ4n) is 4.41. The van der Waals surface area contributed by atoms with Crippen molar-refractivity contribution in [1.29, 1.82) is 0 Å². The molecule has 11 heteroatoms. The number of nitrogens with zero attached hydrogens (tertiary/aromatic N) is 4. The maximum absolute atomic E-state index is 12.7. The van der Waals surface area contributed by atoms with E-state index in [1.54, 1.807) is 18.6 Å². The van der Waals surface area contributed by atoms with Crippen molar-refractivity contribution >= 4 is 51.9 Å². The number of benzene rings is 1. The van der Waals surface area contributed by atoms with Crippen LogP contribution in [0.3, 0.4) is 0 Å². The first-order valence-corrected chi connectivity index (χ1v) is 12.0. The molecule has 0 aliphatic carbocycles. The molecule has 2 unspecified atom stereocenters. The number of esters is 2. The summed E-state index contributed by atoms with van der Waals surface area (Å²) in [7, 11) is 2.73. The van der Waals surface area contributed by atoms with Crippen molar-refractivity contribution in [3.63, 3.8) is 0 Å². The van der Waals surface area contributed by atoms with E-state index in [-0.39, 0.29) is 31.0 Å². The van der Waals surface area contributed by atoms with Crippen molar-refractivity contribution in [1.82, 2.24) is 14.5 Å². The summed E-state index contributed by atoms with van der Waals surface area (Å²) >= 11 is 12.9. The summed E-state index contributed by atoms with van der Waals surface area (Å²) in [5, 5.41) is 1.53. The number of hydrogen-bond acceptors (Lipinski definition) is 8. The summed E-state index contributed by atoms with van der Waals surface area (Å²) in [6.45, 7) is 0.688. The average Bonchev–Trinajstić information content (AvgIpc) is 3.55. The number of ether oxygens (including phenoxy) is 3. The standard InChI is InChI=1S/C24H26Cl2N4O5/c1-33-21(31)8-12-35-11-7-15-3-6-18(24(32)34-2)30(15)20-13-19(29-10-9-27-14-29)16-4-5-17(25)22(26)23(16)28-20/h4-5,9-10,13-15,18H,3,6-8,11-12H2,1-2H3. The van der Waals surface area contributed by atoms with E-state index in [1.807, 2.05) is 27.8 Å². The first kappa shape index (κ1) is 25.2. The van der Waals surface area contributed by atoms with Gasteiger partial charge in [0.05, 0.1) is 54.8 Å². The second-order valence-electron chi connectivity index (χ2n) is 8.13. The van der Waals surface area contributed by atoms with Gasteiger partial charge in [0.2, 0.25) is 0 Å². The number of methoxy groups -OCH3 is 2. The zero-order valence-corrected chi connectivity index (χ0v) is 21.0. The largest absolute Gasteiger partial charge is 0.469 e. The molecule has 9 nitrogen and oxygen atoms in total. The third-order valence-corrected chi connectivity index (χ3v) is 6.93. The maximum atomic E-state index is 12.7. The summed E-state index contributed by atoms with van der Waals surface area (Å²) in [6.07, 6.45) is 7.40. The number of anilines is 1. The van der Waals surface area contributed by atoms with Crippen molar-refractivity contribution in [3.8, 4) is 5.69 Å². The van der Waals surface area contributed by atoms with Crippen molar-refractivity contribution in [3.05, 3.63) is 47.0 Å². The third-order valence-electron chi connectivity index (χ3n) is 6.13. The van der Waals surface area contributed by atoms with Crippen LogP contribution in [0, 0.1) is 0 Å². The van der Waals surface area contributed by atoms with Crippen molar-refractivity contribution in [2.45, 2.75) is 37.8 Å². The highest BCUT2D eigenvalue weighted by Gasteiger charge is 2.39. The van der Waals surface area contributed by atoms with Crippen LogP contribution in [-0.4, -0.2) is 66.0 Å². The Kier molecular flexibility index (Phi) is 8.10. The van der Waals surface area contributed by atoms with Gasteiger partial charge >= 0.3 is 11.9 Å². The second-order valence-corrected chi connectivity index (χ2v) is 8.92. The van der Waals surface area contributed by atoms with Gasteiger partial charge in [-0.1, -0.05) is 23.2 Å². The van der Waals surface area contributed by atoms with Gasteiger partial charge in [0, 0.05) is 36.5 Å². The summed E-state index contributed by atoms with van der Waals surface area (Å²) < 4.78 is 17.2. The van der Waals surface area contributed by atoms with Gasteiger partial charge in [0.1, 0.15) is 11.9 Å². The molecule has 35 heavy (non-hydrogen) atoms. The molecule has 0 radical (unpaired) electrons. The molecule has 3 aromatic rings. The molecule has 1 aliphatic heterocycles. The van der Waals surface area contributed by atoms with E-state index in [9.17, 15) is 9.59 Å².